The Morgan fingerprint density at radius 1 is 1.17 bits per heavy atom. The molecule has 120 valence electrons. The van der Waals surface area contributed by atoms with E-state index in [1.165, 1.54) is 0 Å². The van der Waals surface area contributed by atoms with Crippen LogP contribution in [0, 0.1) is 0 Å². The molecule has 1 atom stereocenters. The number of rotatable bonds is 4. The number of ether oxygens (including phenoxy) is 2. The van der Waals surface area contributed by atoms with E-state index >= 15 is 0 Å². The molecule has 2 aromatic carbocycles. The van der Waals surface area contributed by atoms with Gasteiger partial charge < -0.3 is 14.8 Å². The van der Waals surface area contributed by atoms with Crippen LogP contribution in [-0.2, 0) is 11.2 Å². The van der Waals surface area contributed by atoms with E-state index in [9.17, 15) is 4.79 Å². The minimum atomic E-state index is -0.0987. The molecule has 1 N–H and O–H groups in total. The van der Waals surface area contributed by atoms with Crippen LogP contribution in [0.1, 0.15) is 24.1 Å². The third-order valence-electron chi connectivity index (χ3n) is 3.70. The van der Waals surface area contributed by atoms with E-state index in [1.807, 2.05) is 49.4 Å². The van der Waals surface area contributed by atoms with E-state index < -0.39 is 0 Å². The summed E-state index contributed by atoms with van der Waals surface area (Å²) in [5.74, 6) is 1.38. The second-order valence-corrected chi connectivity index (χ2v) is 5.94. The fraction of sp³-hybridized carbons (Fsp3) is 0.278. The lowest BCUT2D eigenvalue weighted by molar-refractivity contribution is -0.121. The van der Waals surface area contributed by atoms with Gasteiger partial charge in [-0.25, -0.2) is 0 Å². The average Bonchev–Trinajstić information content (AvgIpc) is 2.54. The van der Waals surface area contributed by atoms with Crippen molar-refractivity contribution >= 4 is 17.5 Å². The summed E-state index contributed by atoms with van der Waals surface area (Å²) in [6.45, 7) is 3.03. The zero-order chi connectivity index (χ0) is 16.2. The summed E-state index contributed by atoms with van der Waals surface area (Å²) in [6, 6.07) is 13.0. The molecule has 23 heavy (non-hydrogen) atoms. The molecular formula is C18H18ClNO3. The summed E-state index contributed by atoms with van der Waals surface area (Å²) in [6.07, 6.45) is 0.293. The molecule has 1 aliphatic rings. The normalized spacial score (nSPS) is 14.2. The van der Waals surface area contributed by atoms with Crippen molar-refractivity contribution in [1.29, 1.82) is 0 Å². The van der Waals surface area contributed by atoms with Gasteiger partial charge in [0.2, 0.25) is 5.91 Å². The van der Waals surface area contributed by atoms with Crippen LogP contribution in [-0.4, -0.2) is 19.1 Å². The number of hydrogen-bond donors (Lipinski definition) is 1. The molecule has 0 aromatic heterocycles. The van der Waals surface area contributed by atoms with Crippen molar-refractivity contribution in [2.75, 3.05) is 13.2 Å². The summed E-state index contributed by atoms with van der Waals surface area (Å²) in [5.41, 5.74) is 1.87. The lowest BCUT2D eigenvalue weighted by Crippen LogP contribution is -2.28. The SMILES string of the molecule is CC(NC(=O)Cc1ccc2c(c1)OCCO2)c1cccc(Cl)c1. The molecule has 1 aliphatic heterocycles. The van der Waals surface area contributed by atoms with E-state index in [1.54, 1.807) is 0 Å². The summed E-state index contributed by atoms with van der Waals surface area (Å²) in [5, 5.41) is 3.64. The maximum atomic E-state index is 12.2. The zero-order valence-electron chi connectivity index (χ0n) is 12.8. The van der Waals surface area contributed by atoms with Crippen LogP contribution in [0.15, 0.2) is 42.5 Å². The van der Waals surface area contributed by atoms with Crippen LogP contribution >= 0.6 is 11.6 Å². The average molecular weight is 332 g/mol. The highest BCUT2D eigenvalue weighted by molar-refractivity contribution is 6.30. The topological polar surface area (TPSA) is 47.6 Å². The molecule has 0 fully saturated rings. The number of carbonyl (C=O) groups is 1. The molecule has 0 saturated heterocycles. The first-order valence-electron chi connectivity index (χ1n) is 7.55. The van der Waals surface area contributed by atoms with E-state index in [0.717, 1.165) is 16.9 Å². The largest absolute Gasteiger partial charge is 0.486 e. The van der Waals surface area contributed by atoms with Gasteiger partial charge in [0.1, 0.15) is 13.2 Å². The highest BCUT2D eigenvalue weighted by Crippen LogP contribution is 2.30. The van der Waals surface area contributed by atoms with Gasteiger partial charge in [0.15, 0.2) is 11.5 Å². The van der Waals surface area contributed by atoms with Gasteiger partial charge in [-0.3, -0.25) is 4.79 Å². The van der Waals surface area contributed by atoms with Crippen LogP contribution in [0.25, 0.3) is 0 Å². The van der Waals surface area contributed by atoms with Crippen LogP contribution in [0.4, 0.5) is 0 Å². The van der Waals surface area contributed by atoms with Crippen molar-refractivity contribution in [3.8, 4) is 11.5 Å². The monoisotopic (exact) mass is 331 g/mol. The number of hydrogen-bond acceptors (Lipinski definition) is 3. The number of benzene rings is 2. The number of halogens is 1. The van der Waals surface area contributed by atoms with Crippen LogP contribution in [0.3, 0.4) is 0 Å². The van der Waals surface area contributed by atoms with Gasteiger partial charge >= 0.3 is 0 Å². The first-order valence-corrected chi connectivity index (χ1v) is 7.93. The highest BCUT2D eigenvalue weighted by Gasteiger charge is 2.14. The second kappa shape index (κ2) is 6.92. The molecule has 4 nitrogen and oxygen atoms in total. The minimum Gasteiger partial charge on any atom is -0.486 e. The smallest absolute Gasteiger partial charge is 0.224 e. The third-order valence-corrected chi connectivity index (χ3v) is 3.93. The van der Waals surface area contributed by atoms with Gasteiger partial charge in [-0.05, 0) is 42.3 Å². The van der Waals surface area contributed by atoms with Crippen molar-refractivity contribution in [3.63, 3.8) is 0 Å². The summed E-state index contributed by atoms with van der Waals surface area (Å²) < 4.78 is 11.0. The summed E-state index contributed by atoms with van der Waals surface area (Å²) in [7, 11) is 0. The quantitative estimate of drug-likeness (QED) is 0.932. The van der Waals surface area contributed by atoms with Crippen molar-refractivity contribution in [2.24, 2.45) is 0 Å². The Morgan fingerprint density at radius 2 is 1.96 bits per heavy atom. The molecule has 0 radical (unpaired) electrons. The maximum absolute atomic E-state index is 12.2. The van der Waals surface area contributed by atoms with Crippen LogP contribution in [0.2, 0.25) is 5.02 Å². The molecule has 1 heterocycles. The predicted octanol–water partition coefficient (Wildman–Crippen LogP) is 3.53. The zero-order valence-corrected chi connectivity index (χ0v) is 13.6. The number of fused-ring (bicyclic) bond motifs is 1. The van der Waals surface area contributed by atoms with Crippen molar-refractivity contribution in [3.05, 3.63) is 58.6 Å². The first-order chi connectivity index (χ1) is 11.1. The molecule has 0 saturated carbocycles. The molecule has 0 bridgehead atoms. The van der Waals surface area contributed by atoms with Gasteiger partial charge in [-0.2, -0.15) is 0 Å². The number of carbonyl (C=O) groups excluding carboxylic acids is 1. The Kier molecular flexibility index (Phi) is 4.72. The highest BCUT2D eigenvalue weighted by atomic mass is 35.5. The van der Waals surface area contributed by atoms with Gasteiger partial charge in [-0.1, -0.05) is 29.8 Å². The first kappa shape index (κ1) is 15.7. The summed E-state index contributed by atoms with van der Waals surface area (Å²) >= 11 is 5.98. The molecule has 2 aromatic rings. The number of amides is 1. The molecular weight excluding hydrogens is 314 g/mol. The predicted molar refractivity (Wildman–Crippen MR) is 89.1 cm³/mol. The molecule has 3 rings (SSSR count). The van der Waals surface area contributed by atoms with Gasteiger partial charge in [-0.15, -0.1) is 0 Å². The minimum absolute atomic E-state index is 0.0471. The summed E-state index contributed by atoms with van der Waals surface area (Å²) in [4.78, 5) is 12.2. The third kappa shape index (κ3) is 3.96. The van der Waals surface area contributed by atoms with Gasteiger partial charge in [0.05, 0.1) is 12.5 Å². The van der Waals surface area contributed by atoms with E-state index in [-0.39, 0.29) is 11.9 Å². The fourth-order valence-corrected chi connectivity index (χ4v) is 2.73. The van der Waals surface area contributed by atoms with Gasteiger partial charge in [0.25, 0.3) is 0 Å². The Hall–Kier alpha value is -2.20. The van der Waals surface area contributed by atoms with Gasteiger partial charge in [0, 0.05) is 5.02 Å². The lowest BCUT2D eigenvalue weighted by atomic mass is 10.1. The van der Waals surface area contributed by atoms with E-state index in [2.05, 4.69) is 5.32 Å². The molecule has 0 aliphatic carbocycles. The standard InChI is InChI=1S/C18H18ClNO3/c1-12(14-3-2-4-15(19)11-14)20-18(21)10-13-5-6-16-17(9-13)23-8-7-22-16/h2-6,9,11-12H,7-8,10H2,1H3,(H,20,21). The van der Waals surface area contributed by atoms with Crippen LogP contribution < -0.4 is 14.8 Å². The Labute approximate surface area is 140 Å². The number of nitrogens with one attached hydrogen (secondary N) is 1. The van der Waals surface area contributed by atoms with Crippen LogP contribution in [0.5, 0.6) is 11.5 Å². The Morgan fingerprint density at radius 3 is 2.74 bits per heavy atom. The van der Waals surface area contributed by atoms with Crippen molar-refractivity contribution in [1.82, 2.24) is 5.32 Å². The molecule has 5 heteroatoms. The molecule has 0 spiro atoms. The Balaban J connectivity index is 1.63. The van der Waals surface area contributed by atoms with E-state index in [4.69, 9.17) is 21.1 Å². The fourth-order valence-electron chi connectivity index (χ4n) is 2.53. The maximum Gasteiger partial charge on any atom is 0.224 e. The molecule has 1 unspecified atom stereocenters. The van der Waals surface area contributed by atoms with Crippen molar-refractivity contribution in [2.45, 2.75) is 19.4 Å². The van der Waals surface area contributed by atoms with Crippen molar-refractivity contribution < 1.29 is 14.3 Å². The Bertz CT molecular complexity index is 717. The second-order valence-electron chi connectivity index (χ2n) is 5.50. The lowest BCUT2D eigenvalue weighted by Gasteiger charge is -2.19. The molecule has 1 amide bonds. The van der Waals surface area contributed by atoms with E-state index in [0.29, 0.717) is 30.4 Å².